The predicted octanol–water partition coefficient (Wildman–Crippen LogP) is 4.62. The third-order valence-corrected chi connectivity index (χ3v) is 6.12. The van der Waals surface area contributed by atoms with E-state index in [1.807, 2.05) is 52.7 Å². The second-order valence-corrected chi connectivity index (χ2v) is 7.93. The molecule has 0 spiro atoms. The predicted molar refractivity (Wildman–Crippen MR) is 115 cm³/mol. The van der Waals surface area contributed by atoms with Crippen LogP contribution < -0.4 is 14.8 Å². The van der Waals surface area contributed by atoms with E-state index in [0.29, 0.717) is 24.6 Å². The molecule has 6 heteroatoms. The van der Waals surface area contributed by atoms with Gasteiger partial charge in [0.2, 0.25) is 0 Å². The monoisotopic (exact) mass is 408 g/mol. The summed E-state index contributed by atoms with van der Waals surface area (Å²) in [7, 11) is 3.28. The zero-order valence-electron chi connectivity index (χ0n) is 16.6. The molecular weight excluding hydrogens is 384 g/mol. The molecule has 1 N–H and O–H groups in total. The topological polar surface area (TPSA) is 50.8 Å². The Labute approximate surface area is 174 Å². The number of urea groups is 1. The molecule has 2 aromatic carbocycles. The summed E-state index contributed by atoms with van der Waals surface area (Å²) in [5.41, 5.74) is 3.33. The minimum Gasteiger partial charge on any atom is -0.493 e. The number of carbonyl (C=O) groups excluding carboxylic acids is 1. The molecule has 150 valence electrons. The first-order valence-corrected chi connectivity index (χ1v) is 10.5. The Bertz CT molecular complexity index is 973. The minimum absolute atomic E-state index is 0.0623. The average Bonchev–Trinajstić information content (AvgIpc) is 3.30. The Morgan fingerprint density at radius 1 is 1.10 bits per heavy atom. The van der Waals surface area contributed by atoms with Crippen LogP contribution in [0.3, 0.4) is 0 Å². The first-order chi connectivity index (χ1) is 14.2. The van der Waals surface area contributed by atoms with Crippen LogP contribution >= 0.6 is 11.3 Å². The van der Waals surface area contributed by atoms with Crippen molar-refractivity contribution in [1.29, 1.82) is 0 Å². The molecule has 0 saturated heterocycles. The molecule has 1 unspecified atom stereocenters. The first kappa shape index (κ1) is 19.3. The SMILES string of the molecule is COc1cc2c(cc1OC)C(c1ccccc1)N(C(=O)NCc1cccs1)CC2. The second kappa shape index (κ2) is 8.57. The highest BCUT2D eigenvalue weighted by Gasteiger charge is 2.33. The van der Waals surface area contributed by atoms with Crippen molar-refractivity contribution in [1.82, 2.24) is 10.2 Å². The summed E-state index contributed by atoms with van der Waals surface area (Å²) in [6.45, 7) is 1.17. The molecule has 0 aliphatic carbocycles. The molecule has 2 heterocycles. The van der Waals surface area contributed by atoms with Crippen LogP contribution in [-0.2, 0) is 13.0 Å². The fraction of sp³-hybridized carbons (Fsp3) is 0.261. The van der Waals surface area contributed by atoms with E-state index < -0.39 is 0 Å². The molecule has 1 aliphatic heterocycles. The third-order valence-electron chi connectivity index (χ3n) is 5.24. The van der Waals surface area contributed by atoms with Gasteiger partial charge in [0.15, 0.2) is 11.5 Å². The number of thiophene rings is 1. The molecule has 0 bridgehead atoms. The number of amides is 2. The number of benzene rings is 2. The van der Waals surface area contributed by atoms with Gasteiger partial charge in [-0.25, -0.2) is 4.79 Å². The summed E-state index contributed by atoms with van der Waals surface area (Å²) in [6.07, 6.45) is 0.769. The van der Waals surface area contributed by atoms with E-state index >= 15 is 0 Å². The van der Waals surface area contributed by atoms with E-state index in [4.69, 9.17) is 9.47 Å². The van der Waals surface area contributed by atoms with Crippen LogP contribution in [0.4, 0.5) is 4.79 Å². The molecule has 0 radical (unpaired) electrons. The normalized spacial score (nSPS) is 15.5. The zero-order chi connectivity index (χ0) is 20.2. The third kappa shape index (κ3) is 3.93. The van der Waals surface area contributed by atoms with Gasteiger partial charge in [-0.15, -0.1) is 11.3 Å². The highest BCUT2D eigenvalue weighted by Crippen LogP contribution is 2.41. The Morgan fingerprint density at radius 2 is 1.86 bits per heavy atom. The van der Waals surface area contributed by atoms with Crippen molar-refractivity contribution < 1.29 is 14.3 Å². The van der Waals surface area contributed by atoms with Gasteiger partial charge in [0, 0.05) is 11.4 Å². The van der Waals surface area contributed by atoms with Gasteiger partial charge in [0.25, 0.3) is 0 Å². The van der Waals surface area contributed by atoms with Crippen molar-refractivity contribution in [2.24, 2.45) is 0 Å². The van der Waals surface area contributed by atoms with Crippen LogP contribution in [0.25, 0.3) is 0 Å². The number of hydrogen-bond acceptors (Lipinski definition) is 4. The maximum Gasteiger partial charge on any atom is 0.318 e. The van der Waals surface area contributed by atoms with E-state index in [0.717, 1.165) is 22.4 Å². The molecular formula is C23H24N2O3S. The van der Waals surface area contributed by atoms with Crippen LogP contribution in [-0.4, -0.2) is 31.7 Å². The van der Waals surface area contributed by atoms with Crippen LogP contribution in [0.15, 0.2) is 60.0 Å². The number of ether oxygens (including phenoxy) is 2. The lowest BCUT2D eigenvalue weighted by molar-refractivity contribution is 0.179. The Morgan fingerprint density at radius 3 is 2.55 bits per heavy atom. The zero-order valence-corrected chi connectivity index (χ0v) is 17.4. The highest BCUT2D eigenvalue weighted by molar-refractivity contribution is 7.09. The van der Waals surface area contributed by atoms with Gasteiger partial charge < -0.3 is 19.7 Å². The number of hydrogen-bond donors (Lipinski definition) is 1. The van der Waals surface area contributed by atoms with Crippen LogP contribution in [0.5, 0.6) is 11.5 Å². The van der Waals surface area contributed by atoms with Gasteiger partial charge in [0.05, 0.1) is 26.8 Å². The van der Waals surface area contributed by atoms with Gasteiger partial charge in [-0.05, 0) is 46.7 Å². The molecule has 1 atom stereocenters. The van der Waals surface area contributed by atoms with Crippen LogP contribution in [0.1, 0.15) is 27.6 Å². The highest BCUT2D eigenvalue weighted by atomic mass is 32.1. The lowest BCUT2D eigenvalue weighted by atomic mass is 9.88. The molecule has 29 heavy (non-hydrogen) atoms. The quantitative estimate of drug-likeness (QED) is 0.670. The Kier molecular flexibility index (Phi) is 5.71. The number of nitrogens with zero attached hydrogens (tertiary/aromatic N) is 1. The minimum atomic E-state index is -0.178. The van der Waals surface area contributed by atoms with Crippen LogP contribution in [0.2, 0.25) is 0 Å². The maximum absolute atomic E-state index is 13.1. The smallest absolute Gasteiger partial charge is 0.318 e. The second-order valence-electron chi connectivity index (χ2n) is 6.90. The number of rotatable bonds is 5. The van der Waals surface area contributed by atoms with E-state index in [1.54, 1.807) is 25.6 Å². The van der Waals surface area contributed by atoms with Crippen molar-refractivity contribution in [3.05, 3.63) is 81.5 Å². The van der Waals surface area contributed by atoms with Gasteiger partial charge in [0.1, 0.15) is 0 Å². The average molecular weight is 409 g/mol. The lowest BCUT2D eigenvalue weighted by Gasteiger charge is -2.38. The standard InChI is InChI=1S/C23H24N2O3S/c1-27-20-13-17-10-11-25(23(26)24-15-18-9-6-12-29-18)22(16-7-4-3-5-8-16)19(17)14-21(20)28-2/h3-9,12-14,22H,10-11,15H2,1-2H3,(H,24,26). The number of fused-ring (bicyclic) bond motifs is 1. The van der Waals surface area contributed by atoms with E-state index in [9.17, 15) is 4.79 Å². The fourth-order valence-corrected chi connectivity index (χ4v) is 4.48. The molecule has 2 amide bonds. The molecule has 1 aromatic heterocycles. The van der Waals surface area contributed by atoms with E-state index in [1.165, 1.54) is 5.56 Å². The van der Waals surface area contributed by atoms with Crippen molar-refractivity contribution >= 4 is 17.4 Å². The van der Waals surface area contributed by atoms with Gasteiger partial charge >= 0.3 is 6.03 Å². The van der Waals surface area contributed by atoms with Gasteiger partial charge in [-0.1, -0.05) is 36.4 Å². The molecule has 3 aromatic rings. The van der Waals surface area contributed by atoms with E-state index in [2.05, 4.69) is 17.4 Å². The maximum atomic E-state index is 13.1. The molecule has 4 rings (SSSR count). The number of carbonyl (C=O) groups is 1. The fourth-order valence-electron chi connectivity index (χ4n) is 3.84. The largest absolute Gasteiger partial charge is 0.493 e. The first-order valence-electron chi connectivity index (χ1n) is 9.58. The summed E-state index contributed by atoms with van der Waals surface area (Å²) < 4.78 is 11.0. The Balaban J connectivity index is 1.70. The van der Waals surface area contributed by atoms with Crippen LogP contribution in [0, 0.1) is 0 Å². The van der Waals surface area contributed by atoms with Crippen molar-refractivity contribution in [3.8, 4) is 11.5 Å². The number of methoxy groups -OCH3 is 2. The summed E-state index contributed by atoms with van der Waals surface area (Å²) in [4.78, 5) is 16.2. The molecule has 0 saturated carbocycles. The molecule has 1 aliphatic rings. The number of nitrogens with one attached hydrogen (secondary N) is 1. The van der Waals surface area contributed by atoms with Gasteiger partial charge in [-0.2, -0.15) is 0 Å². The summed E-state index contributed by atoms with van der Waals surface area (Å²) in [5, 5.41) is 5.10. The van der Waals surface area contributed by atoms with Gasteiger partial charge in [-0.3, -0.25) is 0 Å². The van der Waals surface area contributed by atoms with Crippen molar-refractivity contribution in [2.75, 3.05) is 20.8 Å². The summed E-state index contributed by atoms with van der Waals surface area (Å²) in [6, 6.07) is 18.0. The summed E-state index contributed by atoms with van der Waals surface area (Å²) >= 11 is 1.64. The lowest BCUT2D eigenvalue weighted by Crippen LogP contribution is -2.45. The summed E-state index contributed by atoms with van der Waals surface area (Å²) in [5.74, 6) is 1.39. The van der Waals surface area contributed by atoms with Crippen molar-refractivity contribution in [2.45, 2.75) is 19.0 Å². The Hall–Kier alpha value is -2.99. The molecule has 0 fully saturated rings. The molecule has 5 nitrogen and oxygen atoms in total. The van der Waals surface area contributed by atoms with Crippen molar-refractivity contribution in [3.63, 3.8) is 0 Å². The van der Waals surface area contributed by atoms with E-state index in [-0.39, 0.29) is 12.1 Å².